The third-order valence-electron chi connectivity index (χ3n) is 1.36. The molecule has 0 fully saturated rings. The first kappa shape index (κ1) is 12.6. The first-order valence-corrected chi connectivity index (χ1v) is 6.78. The molecule has 0 aromatic heterocycles. The third kappa shape index (κ3) is 10.6. The molecule has 0 unspecified atom stereocenters. The zero-order valence-electron chi connectivity index (χ0n) is 7.63. The van der Waals surface area contributed by atoms with E-state index in [1.807, 2.05) is 23.5 Å². The molecule has 2 nitrogen and oxygen atoms in total. The minimum Gasteiger partial charge on any atom is -0.330 e. The molecule has 0 bridgehead atoms. The van der Waals surface area contributed by atoms with Crippen molar-refractivity contribution >= 4 is 23.5 Å². The number of nitrogens with two attached hydrogens (primary N) is 2. The number of rotatable bonds is 9. The van der Waals surface area contributed by atoms with Gasteiger partial charge in [-0.2, -0.15) is 23.5 Å². The van der Waals surface area contributed by atoms with E-state index in [1.165, 1.54) is 23.0 Å². The molecule has 0 aliphatic carbocycles. The summed E-state index contributed by atoms with van der Waals surface area (Å²) in [5.74, 6) is 4.95. The normalized spacial score (nSPS) is 10.5. The van der Waals surface area contributed by atoms with Gasteiger partial charge in [-0.15, -0.1) is 0 Å². The van der Waals surface area contributed by atoms with Gasteiger partial charge in [-0.3, -0.25) is 0 Å². The summed E-state index contributed by atoms with van der Waals surface area (Å²) in [5.41, 5.74) is 10.8. The maximum Gasteiger partial charge on any atom is 0.00235 e. The summed E-state index contributed by atoms with van der Waals surface area (Å²) in [6.45, 7) is 1.65. The van der Waals surface area contributed by atoms with E-state index in [0.717, 1.165) is 25.9 Å². The van der Waals surface area contributed by atoms with E-state index in [2.05, 4.69) is 0 Å². The highest BCUT2D eigenvalue weighted by molar-refractivity contribution is 8.02. The lowest BCUT2D eigenvalue weighted by molar-refractivity contribution is 0.942. The summed E-state index contributed by atoms with van der Waals surface area (Å²) < 4.78 is 0. The largest absolute Gasteiger partial charge is 0.330 e. The second-order valence-corrected chi connectivity index (χ2v) is 4.96. The molecule has 0 aliphatic heterocycles. The molecular weight excluding hydrogens is 188 g/mol. The van der Waals surface area contributed by atoms with Crippen LogP contribution in [0.2, 0.25) is 0 Å². The summed E-state index contributed by atoms with van der Waals surface area (Å²) in [6, 6.07) is 0. The lowest BCUT2D eigenvalue weighted by Crippen LogP contribution is -2.01. The Morgan fingerprint density at radius 2 is 1.08 bits per heavy atom. The molecule has 0 aliphatic rings. The van der Waals surface area contributed by atoms with Crippen LogP contribution in [0.3, 0.4) is 0 Å². The van der Waals surface area contributed by atoms with Gasteiger partial charge in [0.25, 0.3) is 0 Å². The Morgan fingerprint density at radius 3 is 1.42 bits per heavy atom. The zero-order valence-corrected chi connectivity index (χ0v) is 9.26. The molecule has 4 N–H and O–H groups in total. The molecule has 74 valence electrons. The molecule has 0 aromatic carbocycles. The number of hydrogen-bond donors (Lipinski definition) is 2. The molecular formula is C8H20N2S2. The Balaban J connectivity index is 2.73. The van der Waals surface area contributed by atoms with Gasteiger partial charge in [0, 0.05) is 11.5 Å². The van der Waals surface area contributed by atoms with Gasteiger partial charge in [0.1, 0.15) is 0 Å². The van der Waals surface area contributed by atoms with E-state index in [1.54, 1.807) is 0 Å². The highest BCUT2D eigenvalue weighted by atomic mass is 32.2. The summed E-state index contributed by atoms with van der Waals surface area (Å²) in [7, 11) is 0. The fourth-order valence-electron chi connectivity index (χ4n) is 0.693. The van der Waals surface area contributed by atoms with Crippen LogP contribution in [0.15, 0.2) is 0 Å². The first-order valence-electron chi connectivity index (χ1n) is 4.47. The van der Waals surface area contributed by atoms with Gasteiger partial charge >= 0.3 is 0 Å². The molecule has 0 heterocycles. The first-order chi connectivity index (χ1) is 5.91. The van der Waals surface area contributed by atoms with E-state index >= 15 is 0 Å². The monoisotopic (exact) mass is 208 g/mol. The summed E-state index contributed by atoms with van der Waals surface area (Å²) in [5, 5.41) is 0. The SMILES string of the molecule is NCCCSCCSCCCN. The minimum atomic E-state index is 0.827. The fourth-order valence-corrected chi connectivity index (χ4v) is 2.79. The molecule has 0 radical (unpaired) electrons. The van der Waals surface area contributed by atoms with Crippen molar-refractivity contribution < 1.29 is 0 Å². The number of hydrogen-bond acceptors (Lipinski definition) is 4. The van der Waals surface area contributed by atoms with Crippen LogP contribution in [0.1, 0.15) is 12.8 Å². The van der Waals surface area contributed by atoms with Gasteiger partial charge in [0.2, 0.25) is 0 Å². The van der Waals surface area contributed by atoms with Crippen LogP contribution < -0.4 is 11.5 Å². The van der Waals surface area contributed by atoms with Crippen LogP contribution in [-0.2, 0) is 0 Å². The van der Waals surface area contributed by atoms with Crippen molar-refractivity contribution in [3.05, 3.63) is 0 Å². The summed E-state index contributed by atoms with van der Waals surface area (Å²) >= 11 is 4.01. The topological polar surface area (TPSA) is 52.0 Å². The van der Waals surface area contributed by atoms with Gasteiger partial charge in [-0.05, 0) is 37.4 Å². The highest BCUT2D eigenvalue weighted by Crippen LogP contribution is 2.08. The average molecular weight is 208 g/mol. The van der Waals surface area contributed by atoms with Gasteiger partial charge < -0.3 is 11.5 Å². The molecule has 0 aromatic rings. The van der Waals surface area contributed by atoms with Crippen LogP contribution in [0.25, 0.3) is 0 Å². The van der Waals surface area contributed by atoms with E-state index in [9.17, 15) is 0 Å². The highest BCUT2D eigenvalue weighted by Gasteiger charge is 1.90. The molecule has 0 rings (SSSR count). The molecule has 0 saturated heterocycles. The lowest BCUT2D eigenvalue weighted by Gasteiger charge is -2.00. The molecule has 0 amide bonds. The van der Waals surface area contributed by atoms with Crippen molar-refractivity contribution in [3.63, 3.8) is 0 Å². The second kappa shape index (κ2) is 11.6. The van der Waals surface area contributed by atoms with Crippen LogP contribution >= 0.6 is 23.5 Å². The van der Waals surface area contributed by atoms with Crippen molar-refractivity contribution in [2.45, 2.75) is 12.8 Å². The molecule has 4 heteroatoms. The van der Waals surface area contributed by atoms with Crippen molar-refractivity contribution in [2.75, 3.05) is 36.1 Å². The zero-order chi connectivity index (χ0) is 9.07. The van der Waals surface area contributed by atoms with Gasteiger partial charge in [-0.1, -0.05) is 0 Å². The van der Waals surface area contributed by atoms with Crippen molar-refractivity contribution in [1.82, 2.24) is 0 Å². The van der Waals surface area contributed by atoms with Crippen molar-refractivity contribution in [1.29, 1.82) is 0 Å². The van der Waals surface area contributed by atoms with E-state index in [4.69, 9.17) is 11.5 Å². The maximum absolute atomic E-state index is 5.38. The van der Waals surface area contributed by atoms with Crippen LogP contribution in [0.4, 0.5) is 0 Å². The predicted octanol–water partition coefficient (Wildman–Crippen LogP) is 1.15. The molecule has 0 atom stereocenters. The Kier molecular flexibility index (Phi) is 12.2. The Bertz CT molecular complexity index is 71.5. The van der Waals surface area contributed by atoms with Gasteiger partial charge in [0.15, 0.2) is 0 Å². The smallest absolute Gasteiger partial charge is 0.00235 e. The van der Waals surface area contributed by atoms with Crippen LogP contribution in [0.5, 0.6) is 0 Å². The molecule has 12 heavy (non-hydrogen) atoms. The lowest BCUT2D eigenvalue weighted by atomic mass is 10.5. The third-order valence-corrected chi connectivity index (χ3v) is 3.76. The van der Waals surface area contributed by atoms with Crippen molar-refractivity contribution in [2.24, 2.45) is 11.5 Å². The standard InChI is InChI=1S/C8H20N2S2/c9-3-1-5-11-7-8-12-6-2-4-10/h1-10H2. The Morgan fingerprint density at radius 1 is 0.667 bits per heavy atom. The average Bonchev–Trinajstić information content (AvgIpc) is 2.10. The number of thioether (sulfide) groups is 2. The minimum absolute atomic E-state index is 0.827. The molecule has 0 saturated carbocycles. The predicted molar refractivity (Wildman–Crippen MR) is 62.0 cm³/mol. The fraction of sp³-hybridized carbons (Fsp3) is 1.00. The van der Waals surface area contributed by atoms with E-state index < -0.39 is 0 Å². The summed E-state index contributed by atoms with van der Waals surface area (Å²) in [4.78, 5) is 0. The quantitative estimate of drug-likeness (QED) is 0.558. The second-order valence-electron chi connectivity index (χ2n) is 2.51. The Labute approximate surface area is 84.2 Å². The van der Waals surface area contributed by atoms with Crippen molar-refractivity contribution in [3.8, 4) is 0 Å². The van der Waals surface area contributed by atoms with E-state index in [0.29, 0.717) is 0 Å². The van der Waals surface area contributed by atoms with Crippen LogP contribution in [-0.4, -0.2) is 36.1 Å². The van der Waals surface area contributed by atoms with Gasteiger partial charge in [-0.25, -0.2) is 0 Å². The van der Waals surface area contributed by atoms with Gasteiger partial charge in [0.05, 0.1) is 0 Å². The molecule has 0 spiro atoms. The Hall–Kier alpha value is 0.620. The van der Waals surface area contributed by atoms with E-state index in [-0.39, 0.29) is 0 Å². The summed E-state index contributed by atoms with van der Waals surface area (Å²) in [6.07, 6.45) is 2.30. The van der Waals surface area contributed by atoms with Crippen LogP contribution in [0, 0.1) is 0 Å². The maximum atomic E-state index is 5.38.